The molecule has 39 heavy (non-hydrogen) atoms. The quantitative estimate of drug-likeness (QED) is 0.401. The lowest BCUT2D eigenvalue weighted by molar-refractivity contribution is -0.136. The molecule has 3 aromatic heterocycles. The second-order valence-electron chi connectivity index (χ2n) is 10.6. The second-order valence-corrected chi connectivity index (χ2v) is 10.6. The van der Waals surface area contributed by atoms with Crippen LogP contribution in [0.4, 0.5) is 5.82 Å². The van der Waals surface area contributed by atoms with Gasteiger partial charge in [0, 0.05) is 56.2 Å². The van der Waals surface area contributed by atoms with Crippen molar-refractivity contribution in [1.29, 1.82) is 0 Å². The van der Waals surface area contributed by atoms with Gasteiger partial charge in [0.2, 0.25) is 5.91 Å². The molecule has 2 fully saturated rings. The molecule has 0 bridgehead atoms. The van der Waals surface area contributed by atoms with E-state index in [4.69, 9.17) is 15.2 Å². The van der Waals surface area contributed by atoms with E-state index in [1.165, 1.54) is 6.33 Å². The Kier molecular flexibility index (Phi) is 6.90. The average molecular weight is 531 g/mol. The fourth-order valence-electron chi connectivity index (χ4n) is 5.59. The second kappa shape index (κ2) is 10.6. The van der Waals surface area contributed by atoms with Crippen LogP contribution in [0.25, 0.3) is 28.0 Å². The highest BCUT2D eigenvalue weighted by Gasteiger charge is 2.26. The number of hydrogen-bond donors (Lipinski definition) is 1. The number of carbonyl (C=O) groups is 1. The van der Waals surface area contributed by atoms with Crippen LogP contribution < -0.4 is 10.5 Å². The average Bonchev–Trinajstić information content (AvgIpc) is 3.60. The fraction of sp³-hybridized carbons (Fsp3) is 0.464. The van der Waals surface area contributed by atoms with Crippen LogP contribution in [0.2, 0.25) is 0 Å². The molecule has 2 N–H and O–H groups in total. The highest BCUT2D eigenvalue weighted by atomic mass is 16.5. The lowest BCUT2D eigenvalue weighted by Crippen LogP contribution is -2.43. The number of ether oxygens (including phenoxy) is 2. The maximum Gasteiger partial charge on any atom is 0.225 e. The van der Waals surface area contributed by atoms with E-state index in [9.17, 15) is 4.79 Å². The van der Waals surface area contributed by atoms with Gasteiger partial charge in [-0.25, -0.2) is 14.2 Å². The zero-order valence-electron chi connectivity index (χ0n) is 22.4. The number of nitrogens with two attached hydrogens (primary N) is 1. The molecular weight excluding hydrogens is 496 g/mol. The summed E-state index contributed by atoms with van der Waals surface area (Å²) in [5.74, 6) is 1.40. The third kappa shape index (κ3) is 4.94. The van der Waals surface area contributed by atoms with E-state index in [1.807, 2.05) is 52.2 Å². The smallest absolute Gasteiger partial charge is 0.225 e. The number of carbonyl (C=O) groups excluding carboxylic acids is 1. The van der Waals surface area contributed by atoms with Crippen LogP contribution in [-0.4, -0.2) is 72.8 Å². The first-order chi connectivity index (χ1) is 19.0. The minimum absolute atomic E-state index is 0.0184. The Hall–Kier alpha value is -3.99. The Balaban J connectivity index is 1.29. The number of benzene rings is 1. The van der Waals surface area contributed by atoms with E-state index >= 15 is 0 Å². The minimum Gasteiger partial charge on any atom is -0.490 e. The molecule has 4 aromatic rings. The molecule has 0 unspecified atom stereocenters. The van der Waals surface area contributed by atoms with Crippen molar-refractivity contribution < 1.29 is 14.3 Å². The van der Waals surface area contributed by atoms with E-state index < -0.39 is 0 Å². The van der Waals surface area contributed by atoms with E-state index in [2.05, 4.69) is 26.5 Å². The van der Waals surface area contributed by atoms with Crippen molar-refractivity contribution in [2.24, 2.45) is 5.92 Å². The van der Waals surface area contributed by atoms with Gasteiger partial charge in [-0.05, 0) is 31.0 Å². The number of nitrogens with zero attached hydrogens (tertiary/aromatic N) is 7. The van der Waals surface area contributed by atoms with Crippen LogP contribution >= 0.6 is 0 Å². The van der Waals surface area contributed by atoms with E-state index in [0.717, 1.165) is 72.6 Å². The number of amides is 1. The third-order valence-corrected chi connectivity index (χ3v) is 7.65. The van der Waals surface area contributed by atoms with Gasteiger partial charge in [0.1, 0.15) is 23.7 Å². The van der Waals surface area contributed by atoms with Gasteiger partial charge < -0.3 is 20.1 Å². The summed E-state index contributed by atoms with van der Waals surface area (Å²) in [6, 6.07) is 10.3. The molecule has 11 heteroatoms. The number of nitrogen functional groups attached to an aromatic ring is 1. The molecule has 0 radical (unpaired) electrons. The molecule has 0 atom stereocenters. The summed E-state index contributed by atoms with van der Waals surface area (Å²) in [7, 11) is 0. The summed E-state index contributed by atoms with van der Waals surface area (Å²) in [6.45, 7) is 6.74. The molecule has 1 aromatic carbocycles. The largest absolute Gasteiger partial charge is 0.490 e. The molecule has 2 aliphatic heterocycles. The summed E-state index contributed by atoms with van der Waals surface area (Å²) in [6.07, 6.45) is 6.69. The van der Waals surface area contributed by atoms with Gasteiger partial charge in [0.15, 0.2) is 5.82 Å². The normalized spacial score (nSPS) is 17.3. The molecule has 204 valence electrons. The van der Waals surface area contributed by atoms with Crippen molar-refractivity contribution in [2.45, 2.75) is 51.7 Å². The number of hydrogen-bond acceptors (Lipinski definition) is 8. The van der Waals surface area contributed by atoms with Crippen molar-refractivity contribution in [2.75, 3.05) is 32.0 Å². The summed E-state index contributed by atoms with van der Waals surface area (Å²) >= 11 is 0. The van der Waals surface area contributed by atoms with Crippen molar-refractivity contribution in [3.63, 3.8) is 0 Å². The Labute approximate surface area is 226 Å². The fourth-order valence-corrected chi connectivity index (χ4v) is 5.59. The monoisotopic (exact) mass is 530 g/mol. The maximum absolute atomic E-state index is 12.3. The van der Waals surface area contributed by atoms with Crippen molar-refractivity contribution >= 4 is 17.2 Å². The van der Waals surface area contributed by atoms with Crippen LogP contribution in [0.15, 0.2) is 42.9 Å². The van der Waals surface area contributed by atoms with Crippen molar-refractivity contribution in [3.8, 4) is 28.3 Å². The standard InChI is InChI=1S/C28H34N8O3/c1-18(2)28(37)34-10-6-21(7-11-34)39-22-5-3-4-19(14-22)24-15-23(26-27(29)30-17-32-36(24)26)25-16-31-33-35(25)20-8-12-38-13-9-20/h3-5,14-18,20-21H,6-13H2,1-2H3,(H2,29,30,32). The van der Waals surface area contributed by atoms with Crippen LogP contribution in [0.5, 0.6) is 5.75 Å². The summed E-state index contributed by atoms with van der Waals surface area (Å²) in [4.78, 5) is 18.6. The topological polar surface area (TPSA) is 126 Å². The molecule has 2 saturated heterocycles. The van der Waals surface area contributed by atoms with Gasteiger partial charge in [-0.1, -0.05) is 31.2 Å². The van der Waals surface area contributed by atoms with Crippen LogP contribution in [0.3, 0.4) is 0 Å². The molecule has 11 nitrogen and oxygen atoms in total. The lowest BCUT2D eigenvalue weighted by Gasteiger charge is -2.33. The van der Waals surface area contributed by atoms with Crippen molar-refractivity contribution in [1.82, 2.24) is 34.5 Å². The van der Waals surface area contributed by atoms with Gasteiger partial charge in [-0.15, -0.1) is 5.10 Å². The first-order valence-corrected chi connectivity index (χ1v) is 13.7. The van der Waals surface area contributed by atoms with Gasteiger partial charge >= 0.3 is 0 Å². The highest BCUT2D eigenvalue weighted by molar-refractivity contribution is 5.90. The first kappa shape index (κ1) is 25.3. The van der Waals surface area contributed by atoms with E-state index in [-0.39, 0.29) is 24.0 Å². The number of piperidine rings is 1. The summed E-state index contributed by atoms with van der Waals surface area (Å²) < 4.78 is 15.7. The molecule has 0 spiro atoms. The molecule has 0 saturated carbocycles. The third-order valence-electron chi connectivity index (χ3n) is 7.65. The molecular formula is C28H34N8O3. The molecule has 5 heterocycles. The Bertz CT molecular complexity index is 1460. The maximum atomic E-state index is 12.3. The van der Waals surface area contributed by atoms with Crippen LogP contribution in [0, 0.1) is 5.92 Å². The predicted molar refractivity (Wildman–Crippen MR) is 146 cm³/mol. The van der Waals surface area contributed by atoms with Gasteiger partial charge in [-0.3, -0.25) is 4.79 Å². The first-order valence-electron chi connectivity index (χ1n) is 13.7. The van der Waals surface area contributed by atoms with Crippen LogP contribution in [-0.2, 0) is 9.53 Å². The molecule has 0 aliphatic carbocycles. The lowest BCUT2D eigenvalue weighted by atomic mass is 10.1. The highest BCUT2D eigenvalue weighted by Crippen LogP contribution is 2.37. The van der Waals surface area contributed by atoms with E-state index in [0.29, 0.717) is 19.0 Å². The molecule has 6 rings (SSSR count). The zero-order chi connectivity index (χ0) is 26.9. The zero-order valence-corrected chi connectivity index (χ0v) is 22.4. The van der Waals surface area contributed by atoms with Gasteiger partial charge in [-0.2, -0.15) is 5.10 Å². The number of rotatable bonds is 6. The number of anilines is 1. The number of likely N-dealkylation sites (tertiary alicyclic amines) is 1. The van der Waals surface area contributed by atoms with Gasteiger partial charge in [0.05, 0.1) is 23.6 Å². The number of aromatic nitrogens is 6. The van der Waals surface area contributed by atoms with Crippen molar-refractivity contribution in [3.05, 3.63) is 42.9 Å². The number of fused-ring (bicyclic) bond motifs is 1. The van der Waals surface area contributed by atoms with Crippen LogP contribution in [0.1, 0.15) is 45.6 Å². The minimum atomic E-state index is 0.0184. The molecule has 2 aliphatic rings. The molecule has 1 amide bonds. The van der Waals surface area contributed by atoms with Gasteiger partial charge in [0.25, 0.3) is 0 Å². The Morgan fingerprint density at radius 1 is 1.10 bits per heavy atom. The predicted octanol–water partition coefficient (Wildman–Crippen LogP) is 3.61. The van der Waals surface area contributed by atoms with E-state index in [1.54, 1.807) is 6.20 Å². The summed E-state index contributed by atoms with van der Waals surface area (Å²) in [5.41, 5.74) is 10.7. The Morgan fingerprint density at radius 3 is 2.67 bits per heavy atom. The Morgan fingerprint density at radius 2 is 1.90 bits per heavy atom. The SMILES string of the molecule is CC(C)C(=O)N1CCC(Oc2cccc(-c3cc(-c4cnnn4C4CCOCC4)c4c(N)ncnn34)c2)CC1. The summed E-state index contributed by atoms with van der Waals surface area (Å²) in [5, 5.41) is 13.2.